The highest BCUT2D eigenvalue weighted by Crippen LogP contribution is 2.33. The summed E-state index contributed by atoms with van der Waals surface area (Å²) in [6.07, 6.45) is 22.9. The first kappa shape index (κ1) is 26.2. The zero-order valence-electron chi connectivity index (χ0n) is 19.4. The molecule has 4 unspecified atom stereocenters. The number of allylic oxidation sites excluding steroid dienone is 4. The zero-order valence-corrected chi connectivity index (χ0v) is 19.4. The lowest BCUT2D eigenvalue weighted by atomic mass is 9.76. The van der Waals surface area contributed by atoms with Crippen molar-refractivity contribution in [3.63, 3.8) is 0 Å². The molecule has 158 valence electrons. The van der Waals surface area contributed by atoms with Gasteiger partial charge in [-0.2, -0.15) is 0 Å². The van der Waals surface area contributed by atoms with Crippen molar-refractivity contribution in [2.24, 2.45) is 23.7 Å². The van der Waals surface area contributed by atoms with Gasteiger partial charge in [-0.15, -0.1) is 13.2 Å². The molecule has 0 spiro atoms. The zero-order chi connectivity index (χ0) is 20.5. The molecule has 0 saturated heterocycles. The molecule has 0 heteroatoms. The van der Waals surface area contributed by atoms with Crippen molar-refractivity contribution in [3.8, 4) is 0 Å². The van der Waals surface area contributed by atoms with Gasteiger partial charge in [0.25, 0.3) is 0 Å². The van der Waals surface area contributed by atoms with E-state index in [0.717, 1.165) is 0 Å². The van der Waals surface area contributed by atoms with E-state index in [-0.39, 0.29) is 0 Å². The van der Waals surface area contributed by atoms with E-state index in [2.05, 4.69) is 66.0 Å². The van der Waals surface area contributed by atoms with Crippen molar-refractivity contribution < 1.29 is 0 Å². The summed E-state index contributed by atoms with van der Waals surface area (Å²) in [7, 11) is 0. The fourth-order valence-electron chi connectivity index (χ4n) is 4.14. The van der Waals surface area contributed by atoms with Crippen molar-refractivity contribution in [1.29, 1.82) is 0 Å². The second kappa shape index (κ2) is 17.3. The van der Waals surface area contributed by atoms with Gasteiger partial charge in [0.1, 0.15) is 0 Å². The molecule has 0 heterocycles. The van der Waals surface area contributed by atoms with Gasteiger partial charge >= 0.3 is 0 Å². The monoisotopic (exact) mass is 374 g/mol. The van der Waals surface area contributed by atoms with Crippen molar-refractivity contribution in [1.82, 2.24) is 0 Å². The van der Waals surface area contributed by atoms with Crippen LogP contribution in [0.25, 0.3) is 0 Å². The Morgan fingerprint density at radius 2 is 1.41 bits per heavy atom. The number of unbranched alkanes of at least 4 members (excludes halogenated alkanes) is 8. The van der Waals surface area contributed by atoms with Gasteiger partial charge < -0.3 is 0 Å². The molecular weight excluding hydrogens is 324 g/mol. The molecule has 0 aliphatic rings. The minimum absolute atomic E-state index is 0.531. The molecule has 27 heavy (non-hydrogen) atoms. The van der Waals surface area contributed by atoms with Gasteiger partial charge in [-0.3, -0.25) is 0 Å². The van der Waals surface area contributed by atoms with Crippen molar-refractivity contribution in [2.75, 3.05) is 0 Å². The van der Waals surface area contributed by atoms with Gasteiger partial charge in [0.2, 0.25) is 0 Å². The summed E-state index contributed by atoms with van der Waals surface area (Å²) < 4.78 is 0. The predicted octanol–water partition coefficient (Wildman–Crippen LogP) is 9.53. The molecule has 0 bridgehead atoms. The third-order valence-electron chi connectivity index (χ3n) is 6.54. The minimum Gasteiger partial charge on any atom is -0.103 e. The molecule has 0 radical (unpaired) electrons. The Morgan fingerprint density at radius 1 is 0.815 bits per heavy atom. The first-order valence-electron chi connectivity index (χ1n) is 11.9. The Balaban J connectivity index is 4.44. The maximum atomic E-state index is 4.15. The first-order valence-corrected chi connectivity index (χ1v) is 11.9. The smallest absolute Gasteiger partial charge is 0.00261 e. The van der Waals surface area contributed by atoms with E-state index >= 15 is 0 Å². The molecule has 0 aromatic heterocycles. The third kappa shape index (κ3) is 12.3. The van der Waals surface area contributed by atoms with Gasteiger partial charge in [-0.1, -0.05) is 103 Å². The van der Waals surface area contributed by atoms with Crippen molar-refractivity contribution in [3.05, 3.63) is 37.0 Å². The standard InChI is InChI=1S/C27H50/c1-8-12-14-16-17-19-21-26(10-3)25(7)24(6)22-27(11-4)23(5)20-18-15-13-9-2/h10-11,20,24-27H,3-4,8-9,12-19,21-22H2,1-2,5-7H3. The normalized spacial score (nSPS) is 16.6. The van der Waals surface area contributed by atoms with E-state index < -0.39 is 0 Å². The van der Waals surface area contributed by atoms with Gasteiger partial charge in [-0.25, -0.2) is 0 Å². The quantitative estimate of drug-likeness (QED) is 0.165. The fourth-order valence-corrected chi connectivity index (χ4v) is 4.14. The second-order valence-corrected chi connectivity index (χ2v) is 8.81. The number of rotatable bonds is 18. The van der Waals surface area contributed by atoms with E-state index in [0.29, 0.717) is 23.7 Å². The second-order valence-electron chi connectivity index (χ2n) is 8.81. The SMILES string of the molecule is C=CC(CC(C)C(C)C(C=C)CCCCCCCC)C(C)=CCCCCC. The summed E-state index contributed by atoms with van der Waals surface area (Å²) in [5.41, 5.74) is 1.52. The van der Waals surface area contributed by atoms with Gasteiger partial charge in [-0.05, 0) is 56.3 Å². The van der Waals surface area contributed by atoms with Gasteiger partial charge in [0.05, 0.1) is 0 Å². The maximum Gasteiger partial charge on any atom is -0.00261 e. The first-order chi connectivity index (χ1) is 13.0. The molecule has 0 nitrogen and oxygen atoms in total. The van der Waals surface area contributed by atoms with Crippen LogP contribution < -0.4 is 0 Å². The van der Waals surface area contributed by atoms with Gasteiger partial charge in [0, 0.05) is 0 Å². The molecule has 0 aromatic rings. The van der Waals surface area contributed by atoms with E-state index in [1.165, 1.54) is 82.6 Å². The van der Waals surface area contributed by atoms with Crippen LogP contribution in [-0.4, -0.2) is 0 Å². The molecule has 0 aliphatic carbocycles. The lowest BCUT2D eigenvalue weighted by molar-refractivity contribution is 0.261. The van der Waals surface area contributed by atoms with E-state index in [4.69, 9.17) is 0 Å². The topological polar surface area (TPSA) is 0 Å². The summed E-state index contributed by atoms with van der Waals surface area (Å²) in [5.74, 6) is 2.60. The Hall–Kier alpha value is -0.780. The molecule has 0 saturated carbocycles. The van der Waals surface area contributed by atoms with Crippen LogP contribution in [0.3, 0.4) is 0 Å². The molecule has 0 aromatic carbocycles. The van der Waals surface area contributed by atoms with E-state index in [1.54, 1.807) is 0 Å². The van der Waals surface area contributed by atoms with Crippen LogP contribution in [0.2, 0.25) is 0 Å². The molecular formula is C27H50. The van der Waals surface area contributed by atoms with Crippen LogP contribution in [0.5, 0.6) is 0 Å². The van der Waals surface area contributed by atoms with Crippen LogP contribution in [0, 0.1) is 23.7 Å². The Bertz CT molecular complexity index is 389. The molecule has 0 N–H and O–H groups in total. The highest BCUT2D eigenvalue weighted by atomic mass is 14.3. The Kier molecular flexibility index (Phi) is 16.8. The number of hydrogen-bond donors (Lipinski definition) is 0. The average Bonchev–Trinajstić information content (AvgIpc) is 2.68. The van der Waals surface area contributed by atoms with Crippen LogP contribution in [0.1, 0.15) is 112 Å². The molecule has 4 atom stereocenters. The molecule has 0 aliphatic heterocycles. The summed E-state index contributed by atoms with van der Waals surface area (Å²) in [6.45, 7) is 20.0. The lowest BCUT2D eigenvalue weighted by Crippen LogP contribution is -2.20. The lowest BCUT2D eigenvalue weighted by Gasteiger charge is -2.29. The Morgan fingerprint density at radius 3 is 2.00 bits per heavy atom. The summed E-state index contributed by atoms with van der Waals surface area (Å²) >= 11 is 0. The summed E-state index contributed by atoms with van der Waals surface area (Å²) in [4.78, 5) is 0. The van der Waals surface area contributed by atoms with Crippen LogP contribution >= 0.6 is 0 Å². The predicted molar refractivity (Wildman–Crippen MR) is 126 cm³/mol. The number of hydrogen-bond acceptors (Lipinski definition) is 0. The molecule has 0 amide bonds. The van der Waals surface area contributed by atoms with E-state index in [9.17, 15) is 0 Å². The summed E-state index contributed by atoms with van der Waals surface area (Å²) in [5, 5.41) is 0. The fraction of sp³-hybridized carbons (Fsp3) is 0.778. The van der Waals surface area contributed by atoms with Crippen LogP contribution in [-0.2, 0) is 0 Å². The molecule has 0 fully saturated rings. The Labute approximate surface area is 172 Å². The van der Waals surface area contributed by atoms with Crippen molar-refractivity contribution >= 4 is 0 Å². The van der Waals surface area contributed by atoms with E-state index in [1.807, 2.05) is 0 Å². The molecule has 0 rings (SSSR count). The maximum absolute atomic E-state index is 4.15. The highest BCUT2D eigenvalue weighted by molar-refractivity contribution is 5.10. The van der Waals surface area contributed by atoms with Crippen LogP contribution in [0.4, 0.5) is 0 Å². The minimum atomic E-state index is 0.531. The van der Waals surface area contributed by atoms with Crippen molar-refractivity contribution in [2.45, 2.75) is 112 Å². The van der Waals surface area contributed by atoms with Gasteiger partial charge in [0.15, 0.2) is 0 Å². The summed E-state index contributed by atoms with van der Waals surface area (Å²) in [6, 6.07) is 0. The third-order valence-corrected chi connectivity index (χ3v) is 6.54. The van der Waals surface area contributed by atoms with Crippen LogP contribution in [0.15, 0.2) is 37.0 Å². The average molecular weight is 375 g/mol. The largest absolute Gasteiger partial charge is 0.103 e. The highest BCUT2D eigenvalue weighted by Gasteiger charge is 2.22.